The lowest BCUT2D eigenvalue weighted by Gasteiger charge is -2.31. The van der Waals surface area contributed by atoms with Crippen molar-refractivity contribution in [2.24, 2.45) is 5.92 Å². The SMILES string of the molecule is COC(=O)C1CCN(c2cncc(OC(C)C)n2)CC1. The molecule has 6 heteroatoms. The van der Waals surface area contributed by atoms with Crippen LogP contribution in [0.4, 0.5) is 5.82 Å². The number of piperidine rings is 1. The summed E-state index contributed by atoms with van der Waals surface area (Å²) in [6.07, 6.45) is 4.98. The maximum absolute atomic E-state index is 11.5. The first-order valence-electron chi connectivity index (χ1n) is 6.91. The van der Waals surface area contributed by atoms with Gasteiger partial charge >= 0.3 is 5.97 Å². The number of methoxy groups -OCH3 is 1. The lowest BCUT2D eigenvalue weighted by atomic mass is 9.97. The van der Waals surface area contributed by atoms with Crippen molar-refractivity contribution in [1.29, 1.82) is 0 Å². The third-order valence-electron chi connectivity index (χ3n) is 3.31. The second kappa shape index (κ2) is 6.54. The van der Waals surface area contributed by atoms with Crippen molar-refractivity contribution in [3.8, 4) is 5.88 Å². The van der Waals surface area contributed by atoms with E-state index in [1.165, 1.54) is 7.11 Å². The average molecular weight is 279 g/mol. The lowest BCUT2D eigenvalue weighted by molar-refractivity contribution is -0.146. The molecule has 1 aromatic rings. The highest BCUT2D eigenvalue weighted by Crippen LogP contribution is 2.23. The molecule has 1 fully saturated rings. The molecule has 110 valence electrons. The Hall–Kier alpha value is -1.85. The second-order valence-electron chi connectivity index (χ2n) is 5.17. The molecular weight excluding hydrogens is 258 g/mol. The number of nitrogens with zero attached hydrogens (tertiary/aromatic N) is 3. The highest BCUT2D eigenvalue weighted by atomic mass is 16.5. The summed E-state index contributed by atoms with van der Waals surface area (Å²) in [4.78, 5) is 22.2. The first kappa shape index (κ1) is 14.6. The minimum Gasteiger partial charge on any atom is -0.474 e. The molecule has 2 heterocycles. The van der Waals surface area contributed by atoms with Gasteiger partial charge in [-0.15, -0.1) is 0 Å². The highest BCUT2D eigenvalue weighted by Gasteiger charge is 2.26. The van der Waals surface area contributed by atoms with Gasteiger partial charge in [-0.25, -0.2) is 0 Å². The van der Waals surface area contributed by atoms with Crippen molar-refractivity contribution in [3.63, 3.8) is 0 Å². The number of carbonyl (C=O) groups excluding carboxylic acids is 1. The number of carbonyl (C=O) groups is 1. The molecule has 1 aliphatic rings. The minimum absolute atomic E-state index is 0.000643. The Labute approximate surface area is 119 Å². The molecule has 0 spiro atoms. The van der Waals surface area contributed by atoms with Gasteiger partial charge in [0.05, 0.1) is 31.5 Å². The van der Waals surface area contributed by atoms with Crippen LogP contribution in [0.5, 0.6) is 5.88 Å². The standard InChI is InChI=1S/C14H21N3O3/c1-10(2)20-13-9-15-8-12(16-13)17-6-4-11(5-7-17)14(18)19-3/h8-11H,4-7H2,1-3H3. The molecular formula is C14H21N3O3. The van der Waals surface area contributed by atoms with E-state index in [0.717, 1.165) is 31.7 Å². The minimum atomic E-state index is -0.118. The van der Waals surface area contributed by atoms with Crippen LogP contribution in [-0.2, 0) is 9.53 Å². The summed E-state index contributed by atoms with van der Waals surface area (Å²) in [6, 6.07) is 0. The fraction of sp³-hybridized carbons (Fsp3) is 0.643. The Kier molecular flexibility index (Phi) is 4.76. The van der Waals surface area contributed by atoms with Crippen LogP contribution < -0.4 is 9.64 Å². The Morgan fingerprint density at radius 3 is 2.65 bits per heavy atom. The monoisotopic (exact) mass is 279 g/mol. The summed E-state index contributed by atoms with van der Waals surface area (Å²) < 4.78 is 10.3. The van der Waals surface area contributed by atoms with Gasteiger partial charge in [-0.2, -0.15) is 4.98 Å². The van der Waals surface area contributed by atoms with Gasteiger partial charge in [0.1, 0.15) is 0 Å². The van der Waals surface area contributed by atoms with E-state index in [4.69, 9.17) is 9.47 Å². The molecule has 0 bridgehead atoms. The number of aromatic nitrogens is 2. The van der Waals surface area contributed by atoms with Crippen LogP contribution in [0.3, 0.4) is 0 Å². The van der Waals surface area contributed by atoms with Gasteiger partial charge in [-0.3, -0.25) is 9.78 Å². The summed E-state index contributed by atoms with van der Waals surface area (Å²) in [6.45, 7) is 5.46. The van der Waals surface area contributed by atoms with Gasteiger partial charge in [0.2, 0.25) is 5.88 Å². The van der Waals surface area contributed by atoms with Gasteiger partial charge in [-0.1, -0.05) is 0 Å². The fourth-order valence-electron chi connectivity index (χ4n) is 2.30. The lowest BCUT2D eigenvalue weighted by Crippen LogP contribution is -2.37. The topological polar surface area (TPSA) is 64.5 Å². The first-order valence-corrected chi connectivity index (χ1v) is 6.91. The number of esters is 1. The highest BCUT2D eigenvalue weighted by molar-refractivity contribution is 5.72. The quantitative estimate of drug-likeness (QED) is 0.781. The number of hydrogen-bond donors (Lipinski definition) is 0. The van der Waals surface area contributed by atoms with E-state index < -0.39 is 0 Å². The van der Waals surface area contributed by atoms with Crippen molar-refractivity contribution < 1.29 is 14.3 Å². The van der Waals surface area contributed by atoms with Gasteiger partial charge in [0.25, 0.3) is 0 Å². The zero-order chi connectivity index (χ0) is 14.5. The van der Waals surface area contributed by atoms with Crippen LogP contribution in [-0.4, -0.2) is 42.2 Å². The predicted molar refractivity (Wildman–Crippen MR) is 74.7 cm³/mol. The van der Waals surface area contributed by atoms with E-state index >= 15 is 0 Å². The molecule has 2 rings (SSSR count). The molecule has 0 radical (unpaired) electrons. The third kappa shape index (κ3) is 3.59. The summed E-state index contributed by atoms with van der Waals surface area (Å²) in [5.41, 5.74) is 0. The molecule has 1 saturated heterocycles. The molecule has 0 aliphatic carbocycles. The Balaban J connectivity index is 1.98. The fourth-order valence-corrected chi connectivity index (χ4v) is 2.30. The van der Waals surface area contributed by atoms with Crippen LogP contribution in [0.2, 0.25) is 0 Å². The van der Waals surface area contributed by atoms with Crippen LogP contribution in [0, 0.1) is 5.92 Å². The van der Waals surface area contributed by atoms with Crippen LogP contribution in [0.15, 0.2) is 12.4 Å². The van der Waals surface area contributed by atoms with Crippen molar-refractivity contribution >= 4 is 11.8 Å². The van der Waals surface area contributed by atoms with Crippen LogP contribution in [0.25, 0.3) is 0 Å². The average Bonchev–Trinajstić information content (AvgIpc) is 2.46. The Morgan fingerprint density at radius 2 is 2.05 bits per heavy atom. The van der Waals surface area contributed by atoms with Gasteiger partial charge < -0.3 is 14.4 Å². The molecule has 1 aromatic heterocycles. The molecule has 1 aliphatic heterocycles. The molecule has 0 aromatic carbocycles. The molecule has 20 heavy (non-hydrogen) atoms. The van der Waals surface area contributed by atoms with E-state index in [0.29, 0.717) is 5.88 Å². The summed E-state index contributed by atoms with van der Waals surface area (Å²) in [7, 11) is 1.44. The van der Waals surface area contributed by atoms with Crippen molar-refractivity contribution in [2.75, 3.05) is 25.1 Å². The second-order valence-corrected chi connectivity index (χ2v) is 5.17. The molecule has 0 saturated carbocycles. The van der Waals surface area contributed by atoms with Crippen LogP contribution >= 0.6 is 0 Å². The van der Waals surface area contributed by atoms with E-state index in [9.17, 15) is 4.79 Å². The van der Waals surface area contributed by atoms with E-state index in [1.807, 2.05) is 13.8 Å². The predicted octanol–water partition coefficient (Wildman–Crippen LogP) is 1.65. The number of anilines is 1. The number of ether oxygens (including phenoxy) is 2. The zero-order valence-corrected chi connectivity index (χ0v) is 12.2. The molecule has 0 atom stereocenters. The molecule has 0 N–H and O–H groups in total. The smallest absolute Gasteiger partial charge is 0.308 e. The third-order valence-corrected chi connectivity index (χ3v) is 3.31. The van der Waals surface area contributed by atoms with Gasteiger partial charge in [0.15, 0.2) is 5.82 Å². The van der Waals surface area contributed by atoms with Crippen molar-refractivity contribution in [1.82, 2.24) is 9.97 Å². The van der Waals surface area contributed by atoms with Crippen LogP contribution in [0.1, 0.15) is 26.7 Å². The van der Waals surface area contributed by atoms with E-state index in [-0.39, 0.29) is 18.0 Å². The van der Waals surface area contributed by atoms with E-state index in [1.54, 1.807) is 12.4 Å². The molecule has 0 amide bonds. The zero-order valence-electron chi connectivity index (χ0n) is 12.2. The maximum atomic E-state index is 11.5. The summed E-state index contributed by atoms with van der Waals surface area (Å²) >= 11 is 0. The Morgan fingerprint density at radius 1 is 1.35 bits per heavy atom. The van der Waals surface area contributed by atoms with Crippen molar-refractivity contribution in [3.05, 3.63) is 12.4 Å². The molecule has 0 unspecified atom stereocenters. The summed E-state index contributed by atoms with van der Waals surface area (Å²) in [5, 5.41) is 0. The molecule has 6 nitrogen and oxygen atoms in total. The number of rotatable bonds is 4. The van der Waals surface area contributed by atoms with Crippen molar-refractivity contribution in [2.45, 2.75) is 32.8 Å². The van der Waals surface area contributed by atoms with Gasteiger partial charge in [0, 0.05) is 13.1 Å². The summed E-state index contributed by atoms with van der Waals surface area (Å²) in [5.74, 6) is 1.21. The maximum Gasteiger partial charge on any atom is 0.308 e. The normalized spacial score (nSPS) is 16.3. The number of hydrogen-bond acceptors (Lipinski definition) is 6. The van der Waals surface area contributed by atoms with Gasteiger partial charge in [-0.05, 0) is 26.7 Å². The Bertz CT molecular complexity index is 457. The largest absolute Gasteiger partial charge is 0.474 e. The van der Waals surface area contributed by atoms with E-state index in [2.05, 4.69) is 14.9 Å². The first-order chi connectivity index (χ1) is 9.60.